The summed E-state index contributed by atoms with van der Waals surface area (Å²) in [5.41, 5.74) is 0. The summed E-state index contributed by atoms with van der Waals surface area (Å²) >= 11 is 0. The monoisotopic (exact) mass is 299 g/mol. The Morgan fingerprint density at radius 1 is 1.33 bits per heavy atom. The Morgan fingerprint density at radius 2 is 1.90 bits per heavy atom. The van der Waals surface area contributed by atoms with Crippen LogP contribution in [0.5, 0.6) is 0 Å². The number of aliphatic carboxylic acids is 1. The fraction of sp³-hybridized carbons (Fsp3) is 0.867. The molecule has 122 valence electrons. The molecule has 1 heterocycles. The molecular weight excluding hydrogens is 270 g/mol. The van der Waals surface area contributed by atoms with Crippen LogP contribution in [0.1, 0.15) is 40.0 Å². The Balaban J connectivity index is 2.51. The van der Waals surface area contributed by atoms with Gasteiger partial charge in [0.1, 0.15) is 6.04 Å². The molecule has 0 bridgehead atoms. The van der Waals surface area contributed by atoms with Gasteiger partial charge in [0.2, 0.25) is 0 Å². The van der Waals surface area contributed by atoms with Crippen LogP contribution in [0.2, 0.25) is 0 Å². The molecule has 0 saturated carbocycles. The standard InChI is InChI=1S/C15H29N3O3/c1-5-18-8-6-12(7-9-18)17(4)15(21)16-13(14(19)20)10-11(2)3/h11-13H,5-10H2,1-4H3,(H,16,21)(H,19,20)/t13-/m1/s1. The van der Waals surface area contributed by atoms with E-state index in [2.05, 4.69) is 17.1 Å². The molecule has 1 aliphatic rings. The lowest BCUT2D eigenvalue weighted by Crippen LogP contribution is -2.52. The maximum absolute atomic E-state index is 12.2. The summed E-state index contributed by atoms with van der Waals surface area (Å²) in [6, 6.07) is -0.894. The number of piperidine rings is 1. The summed E-state index contributed by atoms with van der Waals surface area (Å²) in [6.45, 7) is 9.07. The Hall–Kier alpha value is -1.30. The molecule has 0 aromatic carbocycles. The van der Waals surface area contributed by atoms with Crippen LogP contribution in [0, 0.1) is 5.92 Å². The van der Waals surface area contributed by atoms with Gasteiger partial charge in [-0.2, -0.15) is 0 Å². The van der Waals surface area contributed by atoms with Crippen LogP contribution in [0.4, 0.5) is 4.79 Å². The summed E-state index contributed by atoms with van der Waals surface area (Å²) in [5.74, 6) is -0.740. The second-order valence-corrected chi connectivity index (χ2v) is 6.25. The van der Waals surface area contributed by atoms with E-state index in [1.807, 2.05) is 13.8 Å². The fourth-order valence-electron chi connectivity index (χ4n) is 2.73. The van der Waals surface area contributed by atoms with E-state index in [0.29, 0.717) is 6.42 Å². The number of rotatable bonds is 6. The first-order valence-electron chi connectivity index (χ1n) is 7.83. The number of carbonyl (C=O) groups is 2. The number of carbonyl (C=O) groups excluding carboxylic acids is 1. The molecule has 0 aliphatic carbocycles. The number of carboxylic acids is 1. The Morgan fingerprint density at radius 3 is 2.33 bits per heavy atom. The summed E-state index contributed by atoms with van der Waals surface area (Å²) in [4.78, 5) is 27.5. The van der Waals surface area contributed by atoms with Crippen molar-refractivity contribution >= 4 is 12.0 Å². The zero-order chi connectivity index (χ0) is 16.0. The number of nitrogens with one attached hydrogen (secondary N) is 1. The van der Waals surface area contributed by atoms with Crippen molar-refractivity contribution in [1.29, 1.82) is 0 Å². The molecule has 0 unspecified atom stereocenters. The zero-order valence-electron chi connectivity index (χ0n) is 13.6. The third-order valence-electron chi connectivity index (χ3n) is 4.18. The molecule has 21 heavy (non-hydrogen) atoms. The lowest BCUT2D eigenvalue weighted by Gasteiger charge is -2.36. The minimum Gasteiger partial charge on any atom is -0.480 e. The van der Waals surface area contributed by atoms with Crippen LogP contribution in [-0.4, -0.2) is 65.7 Å². The molecular formula is C15H29N3O3. The average molecular weight is 299 g/mol. The molecule has 0 aromatic heterocycles. The van der Waals surface area contributed by atoms with Crippen LogP contribution < -0.4 is 5.32 Å². The molecule has 2 amide bonds. The molecule has 6 nitrogen and oxygen atoms in total. The van der Waals surface area contributed by atoms with E-state index < -0.39 is 12.0 Å². The van der Waals surface area contributed by atoms with Crippen molar-refractivity contribution in [3.8, 4) is 0 Å². The van der Waals surface area contributed by atoms with Crippen molar-refractivity contribution in [3.63, 3.8) is 0 Å². The SMILES string of the molecule is CCN1CCC(N(C)C(=O)N[C@H](CC(C)C)C(=O)O)CC1. The predicted molar refractivity (Wildman–Crippen MR) is 82.3 cm³/mol. The normalized spacial score (nSPS) is 18.5. The number of likely N-dealkylation sites (tertiary alicyclic amines) is 1. The van der Waals surface area contributed by atoms with E-state index in [0.717, 1.165) is 32.5 Å². The first-order valence-corrected chi connectivity index (χ1v) is 7.83. The molecule has 1 rings (SSSR count). The maximum Gasteiger partial charge on any atom is 0.326 e. The van der Waals surface area contributed by atoms with Gasteiger partial charge in [-0.25, -0.2) is 9.59 Å². The lowest BCUT2D eigenvalue weighted by molar-refractivity contribution is -0.139. The van der Waals surface area contributed by atoms with Gasteiger partial charge >= 0.3 is 12.0 Å². The van der Waals surface area contributed by atoms with E-state index in [4.69, 9.17) is 0 Å². The summed E-state index contributed by atoms with van der Waals surface area (Å²) < 4.78 is 0. The summed E-state index contributed by atoms with van der Waals surface area (Å²) in [7, 11) is 1.76. The van der Waals surface area contributed by atoms with Gasteiger partial charge in [0, 0.05) is 26.2 Å². The molecule has 0 spiro atoms. The molecule has 1 saturated heterocycles. The summed E-state index contributed by atoms with van der Waals surface area (Å²) in [6.07, 6.45) is 2.34. The number of hydrogen-bond donors (Lipinski definition) is 2. The number of amides is 2. The van der Waals surface area contributed by atoms with E-state index in [-0.39, 0.29) is 18.0 Å². The molecule has 1 aliphatic heterocycles. The minimum atomic E-state index is -0.966. The third kappa shape index (κ3) is 5.53. The van der Waals surface area contributed by atoms with Gasteiger partial charge in [-0.05, 0) is 31.7 Å². The molecule has 0 radical (unpaired) electrons. The highest BCUT2D eigenvalue weighted by molar-refractivity contribution is 5.82. The van der Waals surface area contributed by atoms with Crippen molar-refractivity contribution in [2.24, 2.45) is 5.92 Å². The van der Waals surface area contributed by atoms with Crippen molar-refractivity contribution in [1.82, 2.24) is 15.1 Å². The highest BCUT2D eigenvalue weighted by atomic mass is 16.4. The molecule has 1 fully saturated rings. The van der Waals surface area contributed by atoms with Crippen LogP contribution in [0.15, 0.2) is 0 Å². The average Bonchev–Trinajstić information content (AvgIpc) is 2.45. The number of nitrogens with zero attached hydrogens (tertiary/aromatic N) is 2. The van der Waals surface area contributed by atoms with E-state index in [9.17, 15) is 14.7 Å². The minimum absolute atomic E-state index is 0.196. The van der Waals surface area contributed by atoms with Gasteiger partial charge in [0.25, 0.3) is 0 Å². The van der Waals surface area contributed by atoms with Gasteiger partial charge in [-0.1, -0.05) is 20.8 Å². The van der Waals surface area contributed by atoms with Crippen LogP contribution >= 0.6 is 0 Å². The molecule has 6 heteroatoms. The largest absolute Gasteiger partial charge is 0.480 e. The van der Waals surface area contributed by atoms with Gasteiger partial charge in [0.05, 0.1) is 0 Å². The van der Waals surface area contributed by atoms with Crippen molar-refractivity contribution in [3.05, 3.63) is 0 Å². The van der Waals surface area contributed by atoms with Crippen molar-refractivity contribution in [2.75, 3.05) is 26.7 Å². The van der Waals surface area contributed by atoms with Crippen LogP contribution in [0.3, 0.4) is 0 Å². The lowest BCUT2D eigenvalue weighted by atomic mass is 10.0. The molecule has 0 aromatic rings. The van der Waals surface area contributed by atoms with Crippen LogP contribution in [-0.2, 0) is 4.79 Å². The van der Waals surface area contributed by atoms with Gasteiger partial charge in [0.15, 0.2) is 0 Å². The van der Waals surface area contributed by atoms with E-state index >= 15 is 0 Å². The molecule has 1 atom stereocenters. The predicted octanol–water partition coefficient (Wildman–Crippen LogP) is 1.61. The van der Waals surface area contributed by atoms with E-state index in [1.54, 1.807) is 11.9 Å². The Kier molecular flexibility index (Phi) is 6.95. The van der Waals surface area contributed by atoms with Crippen molar-refractivity contribution < 1.29 is 14.7 Å². The second-order valence-electron chi connectivity index (χ2n) is 6.25. The fourth-order valence-corrected chi connectivity index (χ4v) is 2.73. The number of carboxylic acid groups (broad SMARTS) is 1. The first kappa shape index (κ1) is 17.8. The second kappa shape index (κ2) is 8.22. The molecule has 2 N–H and O–H groups in total. The van der Waals surface area contributed by atoms with E-state index in [1.165, 1.54) is 0 Å². The Bertz CT molecular complexity index is 352. The van der Waals surface area contributed by atoms with Crippen LogP contribution in [0.25, 0.3) is 0 Å². The first-order chi connectivity index (χ1) is 9.85. The number of urea groups is 1. The Labute approximate surface area is 127 Å². The van der Waals surface area contributed by atoms with Gasteiger partial charge in [-0.15, -0.1) is 0 Å². The van der Waals surface area contributed by atoms with Crippen molar-refractivity contribution in [2.45, 2.75) is 52.1 Å². The third-order valence-corrected chi connectivity index (χ3v) is 4.18. The van der Waals surface area contributed by atoms with Gasteiger partial charge in [-0.3, -0.25) is 0 Å². The number of hydrogen-bond acceptors (Lipinski definition) is 3. The highest BCUT2D eigenvalue weighted by Gasteiger charge is 2.28. The smallest absolute Gasteiger partial charge is 0.326 e. The topological polar surface area (TPSA) is 72.9 Å². The maximum atomic E-state index is 12.2. The zero-order valence-corrected chi connectivity index (χ0v) is 13.6. The summed E-state index contributed by atoms with van der Waals surface area (Å²) in [5, 5.41) is 11.8. The van der Waals surface area contributed by atoms with Gasteiger partial charge < -0.3 is 20.2 Å². The highest BCUT2D eigenvalue weighted by Crippen LogP contribution is 2.15. The quantitative estimate of drug-likeness (QED) is 0.781.